The van der Waals surface area contributed by atoms with E-state index in [4.69, 9.17) is 9.72 Å². The zero-order valence-electron chi connectivity index (χ0n) is 12.6. The molecule has 1 aromatic rings. The molecule has 6 heteroatoms. The van der Waals surface area contributed by atoms with Crippen LogP contribution < -0.4 is 10.2 Å². The first-order valence-corrected chi connectivity index (χ1v) is 9.26. The van der Waals surface area contributed by atoms with Crippen molar-refractivity contribution in [3.05, 3.63) is 10.6 Å². The van der Waals surface area contributed by atoms with E-state index in [1.54, 1.807) is 7.11 Å². The molecule has 0 saturated carbocycles. The average molecular weight is 316 g/mol. The van der Waals surface area contributed by atoms with Crippen LogP contribution in [0.1, 0.15) is 30.8 Å². The zero-order chi connectivity index (χ0) is 14.4. The van der Waals surface area contributed by atoms with Gasteiger partial charge in [-0.15, -0.1) is 11.3 Å². The minimum atomic E-state index is 0.576. The lowest BCUT2D eigenvalue weighted by Gasteiger charge is -2.32. The smallest absolute Gasteiger partial charge is 0.186 e. The summed E-state index contributed by atoms with van der Waals surface area (Å²) in [6.07, 6.45) is 1.16. The molecule has 1 aliphatic rings. The lowest BCUT2D eigenvalue weighted by Crippen LogP contribution is -2.40. The Morgan fingerprint density at radius 2 is 2.35 bits per heavy atom. The van der Waals surface area contributed by atoms with Crippen molar-refractivity contribution in [3.63, 3.8) is 0 Å². The predicted molar refractivity (Wildman–Crippen MR) is 89.0 cm³/mol. The molecule has 0 aromatic carbocycles. The van der Waals surface area contributed by atoms with Gasteiger partial charge < -0.3 is 15.0 Å². The molecule has 114 valence electrons. The molecule has 4 nitrogen and oxygen atoms in total. The highest BCUT2D eigenvalue weighted by molar-refractivity contribution is 7.99. The molecular weight excluding hydrogens is 290 g/mol. The number of anilines is 1. The van der Waals surface area contributed by atoms with Crippen LogP contribution in [0, 0.1) is 0 Å². The van der Waals surface area contributed by atoms with Gasteiger partial charge in [0.1, 0.15) is 0 Å². The number of thiazole rings is 1. The Labute approximate surface area is 130 Å². The summed E-state index contributed by atoms with van der Waals surface area (Å²) < 4.78 is 5.30. The summed E-state index contributed by atoms with van der Waals surface area (Å²) in [5.41, 5.74) is 1.10. The van der Waals surface area contributed by atoms with Gasteiger partial charge in [0, 0.05) is 42.6 Å². The SMILES string of the molecule is CCCNCc1sc(N2CCSCC2C)nc1COC. The number of methoxy groups -OCH3 is 1. The third-order valence-corrected chi connectivity index (χ3v) is 5.70. The summed E-state index contributed by atoms with van der Waals surface area (Å²) in [6.45, 7) is 8.15. The molecule has 2 rings (SSSR count). The molecule has 0 amide bonds. The van der Waals surface area contributed by atoms with E-state index in [1.165, 1.54) is 16.4 Å². The highest BCUT2D eigenvalue weighted by atomic mass is 32.2. The van der Waals surface area contributed by atoms with Crippen LogP contribution in [0.5, 0.6) is 0 Å². The van der Waals surface area contributed by atoms with Crippen LogP contribution in [-0.2, 0) is 17.9 Å². The van der Waals surface area contributed by atoms with Crippen LogP contribution in [0.3, 0.4) is 0 Å². The van der Waals surface area contributed by atoms with Gasteiger partial charge in [-0.2, -0.15) is 11.8 Å². The first kappa shape index (κ1) is 16.1. The average Bonchev–Trinajstić information content (AvgIpc) is 2.83. The zero-order valence-corrected chi connectivity index (χ0v) is 14.3. The summed E-state index contributed by atoms with van der Waals surface area (Å²) in [5.74, 6) is 2.40. The van der Waals surface area contributed by atoms with Gasteiger partial charge in [-0.25, -0.2) is 4.98 Å². The number of thioether (sulfide) groups is 1. The lowest BCUT2D eigenvalue weighted by molar-refractivity contribution is 0.181. The van der Waals surface area contributed by atoms with Crippen LogP contribution in [0.25, 0.3) is 0 Å². The van der Waals surface area contributed by atoms with Crippen molar-refractivity contribution in [3.8, 4) is 0 Å². The summed E-state index contributed by atoms with van der Waals surface area (Å²) in [7, 11) is 1.74. The van der Waals surface area contributed by atoms with Gasteiger partial charge in [-0.1, -0.05) is 6.92 Å². The summed E-state index contributed by atoms with van der Waals surface area (Å²) in [5, 5.41) is 4.63. The molecule has 1 aromatic heterocycles. The third-order valence-electron chi connectivity index (χ3n) is 3.37. The van der Waals surface area contributed by atoms with Crippen LogP contribution in [-0.4, -0.2) is 42.7 Å². The minimum Gasteiger partial charge on any atom is -0.378 e. The van der Waals surface area contributed by atoms with E-state index >= 15 is 0 Å². The highest BCUT2D eigenvalue weighted by Gasteiger charge is 2.23. The molecule has 0 spiro atoms. The van der Waals surface area contributed by atoms with E-state index in [1.807, 2.05) is 23.1 Å². The first-order valence-electron chi connectivity index (χ1n) is 7.28. The number of nitrogens with one attached hydrogen (secondary N) is 1. The Morgan fingerprint density at radius 1 is 1.50 bits per heavy atom. The maximum absolute atomic E-state index is 5.30. The molecule has 20 heavy (non-hydrogen) atoms. The number of hydrogen-bond acceptors (Lipinski definition) is 6. The number of ether oxygens (including phenoxy) is 1. The normalized spacial score (nSPS) is 19.6. The van der Waals surface area contributed by atoms with E-state index in [9.17, 15) is 0 Å². The fraction of sp³-hybridized carbons (Fsp3) is 0.786. The summed E-state index contributed by atoms with van der Waals surface area (Å²) in [6, 6.07) is 0.576. The molecule has 0 aliphatic carbocycles. The molecule has 0 bridgehead atoms. The van der Waals surface area contributed by atoms with Crippen molar-refractivity contribution in [2.24, 2.45) is 0 Å². The first-order chi connectivity index (χ1) is 9.76. The van der Waals surface area contributed by atoms with E-state index in [2.05, 4.69) is 24.1 Å². The Hall–Kier alpha value is -0.300. The number of rotatable bonds is 7. The quantitative estimate of drug-likeness (QED) is 0.783. The van der Waals surface area contributed by atoms with Crippen LogP contribution in [0.4, 0.5) is 5.13 Å². The number of hydrogen-bond donors (Lipinski definition) is 1. The minimum absolute atomic E-state index is 0.576. The van der Waals surface area contributed by atoms with Crippen molar-refractivity contribution in [2.75, 3.05) is 36.6 Å². The van der Waals surface area contributed by atoms with Crippen molar-refractivity contribution in [1.82, 2.24) is 10.3 Å². The van der Waals surface area contributed by atoms with Crippen molar-refractivity contribution < 1.29 is 4.74 Å². The van der Waals surface area contributed by atoms with E-state index in [-0.39, 0.29) is 0 Å². The standard InChI is InChI=1S/C14H25N3OS2/c1-4-5-15-8-13-12(9-18-3)16-14(20-13)17-6-7-19-10-11(17)2/h11,15H,4-10H2,1-3H3. The molecule has 1 saturated heterocycles. The Kier molecular flexibility index (Phi) is 6.61. The maximum atomic E-state index is 5.30. The van der Waals surface area contributed by atoms with Gasteiger partial charge in [0.05, 0.1) is 12.3 Å². The molecule has 0 radical (unpaired) electrons. The molecule has 1 fully saturated rings. The Morgan fingerprint density at radius 3 is 3.05 bits per heavy atom. The monoisotopic (exact) mass is 315 g/mol. The number of nitrogens with zero attached hydrogens (tertiary/aromatic N) is 2. The molecule has 1 N–H and O–H groups in total. The van der Waals surface area contributed by atoms with Crippen molar-refractivity contribution >= 4 is 28.2 Å². The Balaban J connectivity index is 2.10. The third kappa shape index (κ3) is 4.10. The van der Waals surface area contributed by atoms with Gasteiger partial charge in [-0.05, 0) is 19.9 Å². The molecule has 2 heterocycles. The van der Waals surface area contributed by atoms with Gasteiger partial charge in [0.25, 0.3) is 0 Å². The Bertz CT molecular complexity index is 411. The molecular formula is C14H25N3OS2. The van der Waals surface area contributed by atoms with Gasteiger partial charge >= 0.3 is 0 Å². The highest BCUT2D eigenvalue weighted by Crippen LogP contribution is 2.31. The van der Waals surface area contributed by atoms with Crippen molar-refractivity contribution in [1.29, 1.82) is 0 Å². The van der Waals surface area contributed by atoms with Crippen LogP contribution >= 0.6 is 23.1 Å². The number of aromatic nitrogens is 1. The fourth-order valence-corrected chi connectivity index (χ4v) is 4.45. The predicted octanol–water partition coefficient (Wildman–Crippen LogP) is 2.73. The fourth-order valence-electron chi connectivity index (χ4n) is 2.27. The summed E-state index contributed by atoms with van der Waals surface area (Å²) in [4.78, 5) is 8.59. The van der Waals surface area contributed by atoms with Crippen molar-refractivity contribution in [2.45, 2.75) is 39.5 Å². The van der Waals surface area contributed by atoms with E-state index in [0.717, 1.165) is 36.9 Å². The second-order valence-electron chi connectivity index (χ2n) is 5.09. The largest absolute Gasteiger partial charge is 0.378 e. The molecule has 1 atom stereocenters. The second-order valence-corrected chi connectivity index (χ2v) is 7.31. The van der Waals surface area contributed by atoms with E-state index in [0.29, 0.717) is 12.6 Å². The van der Waals surface area contributed by atoms with Gasteiger partial charge in [0.2, 0.25) is 0 Å². The van der Waals surface area contributed by atoms with Crippen LogP contribution in [0.15, 0.2) is 0 Å². The topological polar surface area (TPSA) is 37.4 Å². The van der Waals surface area contributed by atoms with Gasteiger partial charge in [0.15, 0.2) is 5.13 Å². The van der Waals surface area contributed by atoms with Gasteiger partial charge in [-0.3, -0.25) is 0 Å². The maximum Gasteiger partial charge on any atom is 0.186 e. The molecule has 1 unspecified atom stereocenters. The lowest BCUT2D eigenvalue weighted by atomic mass is 10.3. The second kappa shape index (κ2) is 8.22. The summed E-state index contributed by atoms with van der Waals surface area (Å²) >= 11 is 3.86. The van der Waals surface area contributed by atoms with E-state index < -0.39 is 0 Å². The van der Waals surface area contributed by atoms with Crippen LogP contribution in [0.2, 0.25) is 0 Å². The molecule has 1 aliphatic heterocycles.